The topological polar surface area (TPSA) is 62.2 Å². The third-order valence-electron chi connectivity index (χ3n) is 3.02. The number of nitrogens with one attached hydrogen (secondary N) is 2. The highest BCUT2D eigenvalue weighted by Crippen LogP contribution is 2.16. The molecule has 0 aromatic carbocycles. The Hall–Kier alpha value is -1.22. The Morgan fingerprint density at radius 3 is 2.45 bits per heavy atom. The van der Waals surface area contributed by atoms with Crippen molar-refractivity contribution in [3.63, 3.8) is 0 Å². The van der Waals surface area contributed by atoms with Crippen LogP contribution in [0.5, 0.6) is 0 Å². The first-order valence-electron chi connectivity index (χ1n) is 6.88. The first-order valence-corrected chi connectivity index (χ1v) is 7.70. The molecule has 22 heavy (non-hydrogen) atoms. The van der Waals surface area contributed by atoms with Gasteiger partial charge in [0.05, 0.1) is 29.5 Å². The van der Waals surface area contributed by atoms with Gasteiger partial charge in [0, 0.05) is 17.6 Å². The molecule has 2 heterocycles. The van der Waals surface area contributed by atoms with Crippen molar-refractivity contribution in [1.29, 1.82) is 0 Å². The molecule has 120 valence electrons. The van der Waals surface area contributed by atoms with Gasteiger partial charge in [-0.25, -0.2) is 4.98 Å². The number of aromatic nitrogens is 2. The van der Waals surface area contributed by atoms with Crippen molar-refractivity contribution in [3.8, 4) is 0 Å². The van der Waals surface area contributed by atoms with Crippen molar-refractivity contribution in [3.05, 3.63) is 45.2 Å². The summed E-state index contributed by atoms with van der Waals surface area (Å²) in [7, 11) is 1.77. The largest absolute Gasteiger partial charge is 0.351 e. The quantitative estimate of drug-likeness (QED) is 0.444. The van der Waals surface area contributed by atoms with Crippen LogP contribution in [0, 0.1) is 20.8 Å². The third kappa shape index (κ3) is 5.53. The molecule has 0 radical (unpaired) electrons. The van der Waals surface area contributed by atoms with Crippen LogP contribution in [-0.4, -0.2) is 23.0 Å². The molecule has 0 aliphatic carbocycles. The second-order valence-corrected chi connectivity index (χ2v) is 6.08. The minimum Gasteiger partial charge on any atom is -0.351 e. The molecule has 2 rings (SSSR count). The smallest absolute Gasteiger partial charge is 0.191 e. The van der Waals surface area contributed by atoms with Gasteiger partial charge in [0.2, 0.25) is 0 Å². The Balaban J connectivity index is 0.00000242. The molecule has 0 bridgehead atoms. The maximum Gasteiger partial charge on any atom is 0.191 e. The molecule has 0 aliphatic rings. The molecule has 0 saturated heterocycles. The maximum atomic E-state index is 4.46. The fraction of sp³-hybridized carbons (Fsp3) is 0.400. The zero-order chi connectivity index (χ0) is 15.2. The van der Waals surface area contributed by atoms with E-state index in [2.05, 4.69) is 25.6 Å². The van der Waals surface area contributed by atoms with Gasteiger partial charge >= 0.3 is 0 Å². The van der Waals surface area contributed by atoms with Gasteiger partial charge in [-0.3, -0.25) is 9.98 Å². The lowest BCUT2D eigenvalue weighted by Gasteiger charge is -2.11. The van der Waals surface area contributed by atoms with E-state index in [0.717, 1.165) is 34.6 Å². The average molecular weight is 431 g/mol. The summed E-state index contributed by atoms with van der Waals surface area (Å²) in [6, 6.07) is 6.01. The first-order chi connectivity index (χ1) is 10.1. The summed E-state index contributed by atoms with van der Waals surface area (Å²) in [6.45, 7) is 7.44. The Kier molecular flexibility index (Phi) is 7.74. The first kappa shape index (κ1) is 18.8. The van der Waals surface area contributed by atoms with E-state index in [-0.39, 0.29) is 24.0 Å². The van der Waals surface area contributed by atoms with Gasteiger partial charge in [0.15, 0.2) is 5.96 Å². The summed E-state index contributed by atoms with van der Waals surface area (Å²) >= 11 is 1.71. The molecule has 2 aromatic rings. The van der Waals surface area contributed by atoms with Gasteiger partial charge in [-0.15, -0.1) is 35.3 Å². The highest BCUT2D eigenvalue weighted by Gasteiger charge is 2.06. The number of guanidine groups is 1. The maximum absolute atomic E-state index is 4.46. The number of thiazole rings is 1. The molecule has 7 heteroatoms. The molecule has 0 unspecified atom stereocenters. The van der Waals surface area contributed by atoms with Crippen molar-refractivity contribution in [2.75, 3.05) is 7.05 Å². The normalized spacial score (nSPS) is 11.0. The molecular weight excluding hydrogens is 409 g/mol. The number of pyridine rings is 1. The van der Waals surface area contributed by atoms with E-state index in [9.17, 15) is 0 Å². The van der Waals surface area contributed by atoms with E-state index in [1.54, 1.807) is 18.4 Å². The van der Waals surface area contributed by atoms with Gasteiger partial charge in [0.25, 0.3) is 0 Å². The highest BCUT2D eigenvalue weighted by molar-refractivity contribution is 14.0. The summed E-state index contributed by atoms with van der Waals surface area (Å²) in [5, 5.41) is 7.67. The molecular formula is C15H22IN5S. The van der Waals surface area contributed by atoms with Crippen LogP contribution in [0.3, 0.4) is 0 Å². The van der Waals surface area contributed by atoms with Crippen molar-refractivity contribution in [2.24, 2.45) is 4.99 Å². The SMILES string of the molecule is CN=C(NCc1cccc(C)n1)NCc1sc(C)nc1C.I. The monoisotopic (exact) mass is 431 g/mol. The van der Waals surface area contributed by atoms with Crippen molar-refractivity contribution in [2.45, 2.75) is 33.9 Å². The number of aliphatic imine (C=N–C) groups is 1. The minimum atomic E-state index is 0. The number of aryl methyl sites for hydroxylation is 3. The summed E-state index contributed by atoms with van der Waals surface area (Å²) in [4.78, 5) is 14.4. The van der Waals surface area contributed by atoms with Gasteiger partial charge < -0.3 is 10.6 Å². The molecule has 2 aromatic heterocycles. The summed E-state index contributed by atoms with van der Waals surface area (Å²) in [6.07, 6.45) is 0. The summed E-state index contributed by atoms with van der Waals surface area (Å²) in [5.74, 6) is 0.767. The fourth-order valence-corrected chi connectivity index (χ4v) is 2.87. The Labute approximate surface area is 152 Å². The van der Waals surface area contributed by atoms with Crippen molar-refractivity contribution < 1.29 is 0 Å². The summed E-state index contributed by atoms with van der Waals surface area (Å²) in [5.41, 5.74) is 3.11. The van der Waals surface area contributed by atoms with Gasteiger partial charge in [-0.1, -0.05) is 6.07 Å². The molecule has 0 spiro atoms. The van der Waals surface area contributed by atoms with Crippen LogP contribution >= 0.6 is 35.3 Å². The number of halogens is 1. The van der Waals surface area contributed by atoms with E-state index in [0.29, 0.717) is 6.54 Å². The number of rotatable bonds is 4. The Morgan fingerprint density at radius 2 is 1.86 bits per heavy atom. The predicted octanol–water partition coefficient (Wildman–Crippen LogP) is 2.95. The zero-order valence-corrected chi connectivity index (χ0v) is 16.5. The van der Waals surface area contributed by atoms with Crippen LogP contribution < -0.4 is 10.6 Å². The molecule has 5 nitrogen and oxygen atoms in total. The van der Waals surface area contributed by atoms with Crippen LogP contribution in [0.4, 0.5) is 0 Å². The third-order valence-corrected chi connectivity index (χ3v) is 4.10. The standard InChI is InChI=1S/C15H21N5S.HI/c1-10-6-5-7-13(19-10)8-17-15(16-4)18-9-14-11(2)20-12(3)21-14;/h5-7H,8-9H2,1-4H3,(H2,16,17,18);1H. The lowest BCUT2D eigenvalue weighted by atomic mass is 10.3. The zero-order valence-electron chi connectivity index (χ0n) is 13.3. The van der Waals surface area contributed by atoms with Crippen molar-refractivity contribution >= 4 is 41.3 Å². The van der Waals surface area contributed by atoms with Crippen LogP contribution in [0.2, 0.25) is 0 Å². The van der Waals surface area contributed by atoms with Gasteiger partial charge in [-0.2, -0.15) is 0 Å². The lowest BCUT2D eigenvalue weighted by molar-refractivity contribution is 0.793. The molecule has 0 atom stereocenters. The highest BCUT2D eigenvalue weighted by atomic mass is 127. The van der Waals surface area contributed by atoms with Crippen LogP contribution in [0.25, 0.3) is 0 Å². The lowest BCUT2D eigenvalue weighted by Crippen LogP contribution is -2.36. The molecule has 0 fully saturated rings. The Bertz CT molecular complexity index is 639. The molecule has 0 saturated carbocycles. The van der Waals surface area contributed by atoms with Gasteiger partial charge in [-0.05, 0) is 32.9 Å². The number of hydrogen-bond acceptors (Lipinski definition) is 4. The van der Waals surface area contributed by atoms with E-state index in [1.807, 2.05) is 39.0 Å². The fourth-order valence-electron chi connectivity index (χ4n) is 1.99. The minimum absolute atomic E-state index is 0. The Morgan fingerprint density at radius 1 is 1.14 bits per heavy atom. The summed E-state index contributed by atoms with van der Waals surface area (Å²) < 4.78 is 0. The van der Waals surface area contributed by atoms with E-state index in [4.69, 9.17) is 0 Å². The second kappa shape index (κ2) is 9.04. The number of nitrogens with zero attached hydrogens (tertiary/aromatic N) is 3. The average Bonchev–Trinajstić information content (AvgIpc) is 2.77. The molecule has 2 N–H and O–H groups in total. The van der Waals surface area contributed by atoms with Crippen molar-refractivity contribution in [1.82, 2.24) is 20.6 Å². The van der Waals surface area contributed by atoms with E-state index >= 15 is 0 Å². The molecule has 0 amide bonds. The van der Waals surface area contributed by atoms with Gasteiger partial charge in [0.1, 0.15) is 0 Å². The van der Waals surface area contributed by atoms with Crippen LogP contribution in [0.1, 0.15) is 27.0 Å². The second-order valence-electron chi connectivity index (χ2n) is 4.79. The van der Waals surface area contributed by atoms with Crippen LogP contribution in [0.15, 0.2) is 23.2 Å². The predicted molar refractivity (Wildman–Crippen MR) is 103 cm³/mol. The van der Waals surface area contributed by atoms with E-state index < -0.39 is 0 Å². The number of hydrogen-bond donors (Lipinski definition) is 2. The van der Waals surface area contributed by atoms with E-state index in [1.165, 1.54) is 4.88 Å². The van der Waals surface area contributed by atoms with Crippen LogP contribution in [-0.2, 0) is 13.1 Å². The molecule has 0 aliphatic heterocycles.